The average Bonchev–Trinajstić information content (AvgIpc) is 2.96. The molecule has 1 aromatic rings. The summed E-state index contributed by atoms with van der Waals surface area (Å²) in [7, 11) is 0. The molecule has 0 radical (unpaired) electrons. The van der Waals surface area contributed by atoms with Crippen molar-refractivity contribution in [2.45, 2.75) is 37.4 Å². The number of hydrogen-bond acceptors (Lipinski definition) is 6. The van der Waals surface area contributed by atoms with Crippen LogP contribution in [0.3, 0.4) is 0 Å². The van der Waals surface area contributed by atoms with E-state index in [1.165, 1.54) is 22.5 Å². The molecule has 10 heteroatoms. The quantitative estimate of drug-likeness (QED) is 0.337. The average molecular weight is 453 g/mol. The van der Waals surface area contributed by atoms with E-state index >= 15 is 0 Å². The van der Waals surface area contributed by atoms with E-state index in [-0.39, 0.29) is 17.9 Å². The minimum atomic E-state index is -0.567. The summed E-state index contributed by atoms with van der Waals surface area (Å²) in [6.07, 6.45) is 5.28. The van der Waals surface area contributed by atoms with Crippen molar-refractivity contribution in [2.75, 3.05) is 12.3 Å². The van der Waals surface area contributed by atoms with Crippen molar-refractivity contribution in [3.8, 4) is 17.1 Å². The molecule has 0 saturated carbocycles. The highest BCUT2D eigenvalue weighted by molar-refractivity contribution is 7.99. The lowest BCUT2D eigenvalue weighted by Gasteiger charge is -2.17. The maximum absolute atomic E-state index is 13.2. The highest BCUT2D eigenvalue weighted by atomic mass is 32.2. The number of thioether (sulfide) groups is 1. The van der Waals surface area contributed by atoms with E-state index in [9.17, 15) is 14.4 Å². The van der Waals surface area contributed by atoms with E-state index in [1.807, 2.05) is 34.9 Å². The number of nitrogens with one attached hydrogen (secondary N) is 2. The molecule has 1 aromatic carbocycles. The van der Waals surface area contributed by atoms with Crippen molar-refractivity contribution >= 4 is 23.7 Å². The van der Waals surface area contributed by atoms with E-state index in [1.54, 1.807) is 0 Å². The zero-order valence-corrected chi connectivity index (χ0v) is 18.4. The molecule has 0 bridgehead atoms. The van der Waals surface area contributed by atoms with Gasteiger partial charge >= 0.3 is 6.03 Å². The minimum absolute atomic E-state index is 0.0169. The second-order valence-corrected chi connectivity index (χ2v) is 8.33. The first kappa shape index (κ1) is 21.8. The standard InChI is InChI=1S/C22H24N6O3S/c1-2-12-23-21(31)24-17(29)14-32-22-25-19-18(16-11-7-4-8-13-27(16)22)20(30)28(26-19)15-9-5-3-6-10-15/h2-3,5-6,9-10H,1,4,7-8,11-14H2,(H2,23,24,29,31). The summed E-state index contributed by atoms with van der Waals surface area (Å²) in [6.45, 7) is 4.51. The van der Waals surface area contributed by atoms with Gasteiger partial charge in [0.2, 0.25) is 5.91 Å². The van der Waals surface area contributed by atoms with Gasteiger partial charge < -0.3 is 9.88 Å². The third kappa shape index (κ3) is 4.59. The van der Waals surface area contributed by atoms with Gasteiger partial charge in [0.05, 0.1) is 11.4 Å². The first-order valence-corrected chi connectivity index (χ1v) is 11.5. The van der Waals surface area contributed by atoms with Gasteiger partial charge in [-0.25, -0.2) is 9.78 Å². The van der Waals surface area contributed by atoms with Crippen molar-refractivity contribution in [1.82, 2.24) is 30.0 Å². The van der Waals surface area contributed by atoms with Crippen LogP contribution in [-0.2, 0) is 17.8 Å². The van der Waals surface area contributed by atoms with Crippen LogP contribution < -0.4 is 16.2 Å². The predicted octanol–water partition coefficient (Wildman–Crippen LogP) is 2.36. The highest BCUT2D eigenvalue weighted by Gasteiger charge is 2.27. The zero-order valence-electron chi connectivity index (χ0n) is 17.5. The van der Waals surface area contributed by atoms with E-state index in [4.69, 9.17) is 0 Å². The summed E-state index contributed by atoms with van der Waals surface area (Å²) in [4.78, 5) is 41.8. The maximum atomic E-state index is 13.2. The number of nitrogens with zero attached hydrogens (tertiary/aromatic N) is 4. The van der Waals surface area contributed by atoms with E-state index < -0.39 is 11.9 Å². The van der Waals surface area contributed by atoms with Crippen molar-refractivity contribution in [3.05, 3.63) is 59.0 Å². The molecule has 0 aromatic heterocycles. The van der Waals surface area contributed by atoms with Crippen molar-refractivity contribution in [3.63, 3.8) is 0 Å². The first-order chi connectivity index (χ1) is 15.6. The van der Waals surface area contributed by atoms with Crippen LogP contribution in [0.15, 0.2) is 52.9 Å². The van der Waals surface area contributed by atoms with Crippen LogP contribution in [0.5, 0.6) is 0 Å². The molecule has 0 fully saturated rings. The zero-order chi connectivity index (χ0) is 22.5. The second kappa shape index (κ2) is 9.82. The summed E-state index contributed by atoms with van der Waals surface area (Å²) in [6, 6.07) is 8.69. The molecule has 0 aliphatic carbocycles. The van der Waals surface area contributed by atoms with Crippen LogP contribution in [0.25, 0.3) is 17.1 Å². The molecule has 3 amide bonds. The SMILES string of the molecule is C=CCNC(=O)NC(=O)CSc1nc2nn(-c3ccccc3)c(=O)c-2c2n1CCCCC2. The number of para-hydroxylation sites is 1. The summed E-state index contributed by atoms with van der Waals surface area (Å²) < 4.78 is 3.41. The van der Waals surface area contributed by atoms with Gasteiger partial charge in [0.15, 0.2) is 11.0 Å². The first-order valence-electron chi connectivity index (χ1n) is 10.5. The molecule has 0 unspecified atom stereocenters. The Morgan fingerprint density at radius 1 is 1.19 bits per heavy atom. The summed E-state index contributed by atoms with van der Waals surface area (Å²) in [5.74, 6) is -0.0392. The van der Waals surface area contributed by atoms with E-state index in [0.717, 1.165) is 37.9 Å². The maximum Gasteiger partial charge on any atom is 0.321 e. The van der Waals surface area contributed by atoms with E-state index in [0.29, 0.717) is 22.2 Å². The van der Waals surface area contributed by atoms with Crippen LogP contribution in [0, 0.1) is 0 Å². The Kier molecular flexibility index (Phi) is 6.69. The third-order valence-electron chi connectivity index (χ3n) is 5.16. The lowest BCUT2D eigenvalue weighted by Crippen LogP contribution is -2.40. The Labute approximate surface area is 189 Å². The van der Waals surface area contributed by atoms with Gasteiger partial charge in [-0.05, 0) is 31.4 Å². The van der Waals surface area contributed by atoms with Crippen LogP contribution in [0.4, 0.5) is 4.79 Å². The van der Waals surface area contributed by atoms with Gasteiger partial charge in [-0.1, -0.05) is 42.5 Å². The molecule has 0 spiro atoms. The molecule has 3 heterocycles. The predicted molar refractivity (Wildman–Crippen MR) is 122 cm³/mol. The Morgan fingerprint density at radius 3 is 2.78 bits per heavy atom. The molecule has 0 atom stereocenters. The Balaban J connectivity index is 1.66. The molecule has 32 heavy (non-hydrogen) atoms. The largest absolute Gasteiger partial charge is 0.334 e. The van der Waals surface area contributed by atoms with Crippen LogP contribution >= 0.6 is 11.8 Å². The number of amides is 3. The Bertz CT molecular complexity index is 1170. The van der Waals surface area contributed by atoms with Crippen LogP contribution in [0.2, 0.25) is 0 Å². The fraction of sp³-hybridized carbons (Fsp3) is 0.318. The molecule has 9 nitrogen and oxygen atoms in total. The number of benzene rings is 1. The number of rotatable bonds is 6. The van der Waals surface area contributed by atoms with Gasteiger partial charge in [0.25, 0.3) is 5.56 Å². The van der Waals surface area contributed by atoms with Gasteiger partial charge in [-0.15, -0.1) is 11.7 Å². The van der Waals surface area contributed by atoms with Gasteiger partial charge in [0.1, 0.15) is 5.56 Å². The highest BCUT2D eigenvalue weighted by Crippen LogP contribution is 2.30. The number of hydrogen-bond donors (Lipinski definition) is 2. The molecule has 166 valence electrons. The molecule has 4 rings (SSSR count). The van der Waals surface area contributed by atoms with Gasteiger partial charge in [0, 0.05) is 18.8 Å². The Morgan fingerprint density at radius 2 is 2.00 bits per heavy atom. The molecular weight excluding hydrogens is 428 g/mol. The second-order valence-electron chi connectivity index (χ2n) is 7.39. The lowest BCUT2D eigenvalue weighted by atomic mass is 10.1. The summed E-state index contributed by atoms with van der Waals surface area (Å²) >= 11 is 1.23. The third-order valence-corrected chi connectivity index (χ3v) is 6.14. The van der Waals surface area contributed by atoms with Gasteiger partial charge in [-0.2, -0.15) is 4.68 Å². The summed E-state index contributed by atoms with van der Waals surface area (Å²) in [5, 5.41) is 9.89. The van der Waals surface area contributed by atoms with Crippen molar-refractivity contribution < 1.29 is 9.59 Å². The van der Waals surface area contributed by atoms with Crippen molar-refractivity contribution in [1.29, 1.82) is 0 Å². The molecule has 3 aliphatic rings. The normalized spacial score (nSPS) is 13.2. The minimum Gasteiger partial charge on any atom is -0.334 e. The number of carbonyl (C=O) groups excluding carboxylic acids is 2. The van der Waals surface area contributed by atoms with Crippen LogP contribution in [0.1, 0.15) is 25.0 Å². The smallest absolute Gasteiger partial charge is 0.321 e. The molecule has 3 aliphatic heterocycles. The molecular formula is C22H24N6O3S. The fourth-order valence-corrected chi connectivity index (χ4v) is 4.55. The van der Waals surface area contributed by atoms with Gasteiger partial charge in [-0.3, -0.25) is 14.9 Å². The lowest BCUT2D eigenvalue weighted by molar-refractivity contribution is -0.117. The summed E-state index contributed by atoms with van der Waals surface area (Å²) in [5.41, 5.74) is 1.94. The number of urea groups is 1. The Hall–Kier alpha value is -3.40. The topological polar surface area (TPSA) is 111 Å². The fourth-order valence-electron chi connectivity index (χ4n) is 3.71. The van der Waals surface area contributed by atoms with Crippen molar-refractivity contribution in [2.24, 2.45) is 0 Å². The molecule has 0 saturated heterocycles. The number of carbonyl (C=O) groups is 2. The molecule has 2 N–H and O–H groups in total. The van der Waals surface area contributed by atoms with Crippen LogP contribution in [-0.4, -0.2) is 43.6 Å². The number of fused-ring (bicyclic) bond motifs is 3. The number of aromatic nitrogens is 4. The monoisotopic (exact) mass is 452 g/mol. The number of imide groups is 1. The van der Waals surface area contributed by atoms with E-state index in [2.05, 4.69) is 27.3 Å².